The number of hydrogen-bond acceptors (Lipinski definition) is 2. The normalized spacial score (nSPS) is 10.3. The van der Waals surface area contributed by atoms with Crippen LogP contribution in [0.25, 0.3) is 11.1 Å². The van der Waals surface area contributed by atoms with E-state index >= 15 is 0 Å². The molecule has 0 aliphatic rings. The van der Waals surface area contributed by atoms with Crippen molar-refractivity contribution in [2.45, 2.75) is 0 Å². The third-order valence-corrected chi connectivity index (χ3v) is 2.79. The number of aromatic hydroxyl groups is 1. The van der Waals surface area contributed by atoms with Crippen molar-refractivity contribution in [1.29, 1.82) is 0 Å². The zero-order valence-corrected chi connectivity index (χ0v) is 9.78. The number of benzene rings is 2. The highest BCUT2D eigenvalue weighted by molar-refractivity contribution is 6.33. The molecule has 0 heterocycles. The molecule has 0 unspecified atom stereocenters. The maximum absolute atomic E-state index is 13.7. The second-order valence-corrected chi connectivity index (χ2v) is 4.07. The van der Waals surface area contributed by atoms with E-state index in [1.54, 1.807) is 0 Å². The maximum atomic E-state index is 13.7. The molecule has 0 fully saturated rings. The van der Waals surface area contributed by atoms with E-state index in [1.165, 1.54) is 30.3 Å². The molecule has 2 rings (SSSR count). The van der Waals surface area contributed by atoms with Crippen LogP contribution in [0.3, 0.4) is 0 Å². The van der Waals surface area contributed by atoms with E-state index in [2.05, 4.69) is 0 Å². The topological polar surface area (TPSA) is 57.5 Å². The largest absolute Gasteiger partial charge is 0.508 e. The maximum Gasteiger partial charge on any atom is 0.335 e. The molecule has 0 aliphatic heterocycles. The van der Waals surface area contributed by atoms with Gasteiger partial charge in [-0.1, -0.05) is 11.6 Å². The number of carbonyl (C=O) groups is 1. The number of rotatable bonds is 2. The third-order valence-electron chi connectivity index (χ3n) is 2.46. The number of halogens is 2. The van der Waals surface area contributed by atoms with Crippen molar-refractivity contribution in [3.63, 3.8) is 0 Å². The van der Waals surface area contributed by atoms with Crippen molar-refractivity contribution in [3.8, 4) is 16.9 Å². The van der Waals surface area contributed by atoms with Gasteiger partial charge in [0.1, 0.15) is 11.6 Å². The van der Waals surface area contributed by atoms with Crippen LogP contribution in [0.15, 0.2) is 36.4 Å². The van der Waals surface area contributed by atoms with Crippen molar-refractivity contribution in [1.82, 2.24) is 0 Å². The van der Waals surface area contributed by atoms with Crippen molar-refractivity contribution in [2.75, 3.05) is 0 Å². The number of carboxylic acids is 1. The van der Waals surface area contributed by atoms with Crippen LogP contribution in [0.1, 0.15) is 10.4 Å². The second-order valence-electron chi connectivity index (χ2n) is 3.66. The van der Waals surface area contributed by atoms with Crippen LogP contribution in [0.5, 0.6) is 5.75 Å². The van der Waals surface area contributed by atoms with Gasteiger partial charge in [-0.05, 0) is 30.3 Å². The SMILES string of the molecule is O=C(O)c1ccc(Cl)c(-c2ccc(O)cc2F)c1. The predicted molar refractivity (Wildman–Crippen MR) is 65.5 cm³/mol. The highest BCUT2D eigenvalue weighted by Crippen LogP contribution is 2.32. The fourth-order valence-electron chi connectivity index (χ4n) is 1.59. The van der Waals surface area contributed by atoms with Gasteiger partial charge >= 0.3 is 5.97 Å². The lowest BCUT2D eigenvalue weighted by Crippen LogP contribution is -1.97. The third kappa shape index (κ3) is 2.28. The van der Waals surface area contributed by atoms with Crippen LogP contribution in [0.4, 0.5) is 4.39 Å². The van der Waals surface area contributed by atoms with E-state index in [4.69, 9.17) is 21.8 Å². The Morgan fingerprint density at radius 1 is 1.11 bits per heavy atom. The summed E-state index contributed by atoms with van der Waals surface area (Å²) in [6, 6.07) is 7.62. The Balaban J connectivity index is 2.62. The predicted octanol–water partition coefficient (Wildman–Crippen LogP) is 3.55. The van der Waals surface area contributed by atoms with Crippen LogP contribution >= 0.6 is 11.6 Å². The van der Waals surface area contributed by atoms with Crippen LogP contribution < -0.4 is 0 Å². The van der Waals surface area contributed by atoms with Gasteiger partial charge in [-0.15, -0.1) is 0 Å². The van der Waals surface area contributed by atoms with E-state index in [9.17, 15) is 9.18 Å². The molecule has 18 heavy (non-hydrogen) atoms. The van der Waals surface area contributed by atoms with E-state index in [1.807, 2.05) is 0 Å². The molecule has 0 saturated carbocycles. The number of hydrogen-bond donors (Lipinski definition) is 2. The molecule has 0 bridgehead atoms. The monoisotopic (exact) mass is 266 g/mol. The van der Waals surface area contributed by atoms with Crippen molar-refractivity contribution in [3.05, 3.63) is 52.8 Å². The Morgan fingerprint density at radius 3 is 2.44 bits per heavy atom. The van der Waals surface area contributed by atoms with E-state index in [0.29, 0.717) is 0 Å². The lowest BCUT2D eigenvalue weighted by atomic mass is 10.0. The Hall–Kier alpha value is -2.07. The summed E-state index contributed by atoms with van der Waals surface area (Å²) in [4.78, 5) is 10.9. The molecule has 0 amide bonds. The summed E-state index contributed by atoms with van der Waals surface area (Å²) in [5, 5.41) is 18.3. The zero-order valence-electron chi connectivity index (χ0n) is 9.02. The minimum absolute atomic E-state index is 0.0156. The molecule has 0 aliphatic carbocycles. The van der Waals surface area contributed by atoms with Crippen molar-refractivity contribution < 1.29 is 19.4 Å². The Bertz CT molecular complexity index is 626. The van der Waals surface area contributed by atoms with Gasteiger partial charge in [0.2, 0.25) is 0 Å². The Kier molecular flexibility index (Phi) is 3.21. The Labute approximate surface area is 107 Å². The van der Waals surface area contributed by atoms with Gasteiger partial charge in [-0.3, -0.25) is 0 Å². The molecule has 0 radical (unpaired) electrons. The molecule has 5 heteroatoms. The summed E-state index contributed by atoms with van der Waals surface area (Å²) in [5.41, 5.74) is 0.428. The smallest absolute Gasteiger partial charge is 0.335 e. The summed E-state index contributed by atoms with van der Waals surface area (Å²) < 4.78 is 13.7. The van der Waals surface area contributed by atoms with Crippen LogP contribution in [-0.2, 0) is 0 Å². The number of phenols is 1. The molecular weight excluding hydrogens is 259 g/mol. The van der Waals surface area contributed by atoms with E-state index in [-0.39, 0.29) is 27.5 Å². The number of phenolic OH excluding ortho intramolecular Hbond substituents is 1. The van der Waals surface area contributed by atoms with Crippen LogP contribution in [-0.4, -0.2) is 16.2 Å². The van der Waals surface area contributed by atoms with Gasteiger partial charge in [-0.25, -0.2) is 9.18 Å². The average Bonchev–Trinajstić information content (AvgIpc) is 2.30. The summed E-state index contributed by atoms with van der Waals surface area (Å²) in [5.74, 6) is -1.99. The van der Waals surface area contributed by atoms with Gasteiger partial charge < -0.3 is 10.2 Å². The van der Waals surface area contributed by atoms with Crippen molar-refractivity contribution in [2.24, 2.45) is 0 Å². The summed E-state index contributed by atoms with van der Waals surface area (Å²) in [6.07, 6.45) is 0. The fourth-order valence-corrected chi connectivity index (χ4v) is 1.81. The average molecular weight is 267 g/mol. The van der Waals surface area contributed by atoms with Gasteiger partial charge in [0.15, 0.2) is 0 Å². The van der Waals surface area contributed by atoms with Gasteiger partial charge in [-0.2, -0.15) is 0 Å². The first-order valence-electron chi connectivity index (χ1n) is 5.01. The first kappa shape index (κ1) is 12.4. The lowest BCUT2D eigenvalue weighted by Gasteiger charge is -2.07. The molecule has 0 aromatic heterocycles. The molecule has 2 N–H and O–H groups in total. The molecular formula is C13H8ClFO3. The molecule has 0 atom stereocenters. The molecule has 92 valence electrons. The summed E-state index contributed by atoms with van der Waals surface area (Å²) in [6.45, 7) is 0. The van der Waals surface area contributed by atoms with Crippen molar-refractivity contribution >= 4 is 17.6 Å². The molecule has 2 aromatic rings. The second kappa shape index (κ2) is 4.66. The van der Waals surface area contributed by atoms with Gasteiger partial charge in [0.25, 0.3) is 0 Å². The number of aromatic carboxylic acids is 1. The summed E-state index contributed by atoms with van der Waals surface area (Å²) in [7, 11) is 0. The quantitative estimate of drug-likeness (QED) is 0.874. The first-order valence-corrected chi connectivity index (χ1v) is 5.38. The highest BCUT2D eigenvalue weighted by Gasteiger charge is 2.12. The molecule has 2 aromatic carbocycles. The number of carboxylic acid groups (broad SMARTS) is 1. The molecule has 0 saturated heterocycles. The van der Waals surface area contributed by atoms with Gasteiger partial charge in [0, 0.05) is 22.2 Å². The molecule has 0 spiro atoms. The zero-order chi connectivity index (χ0) is 13.3. The lowest BCUT2D eigenvalue weighted by molar-refractivity contribution is 0.0697. The van der Waals surface area contributed by atoms with Crippen LogP contribution in [0, 0.1) is 5.82 Å². The first-order chi connectivity index (χ1) is 8.49. The van der Waals surface area contributed by atoms with Gasteiger partial charge in [0.05, 0.1) is 5.56 Å². The highest BCUT2D eigenvalue weighted by atomic mass is 35.5. The molecule has 3 nitrogen and oxygen atoms in total. The fraction of sp³-hybridized carbons (Fsp3) is 0. The summed E-state index contributed by atoms with van der Waals surface area (Å²) >= 11 is 5.93. The minimum Gasteiger partial charge on any atom is -0.508 e. The van der Waals surface area contributed by atoms with Crippen LogP contribution in [0.2, 0.25) is 5.02 Å². The van der Waals surface area contributed by atoms with E-state index in [0.717, 1.165) is 6.07 Å². The van der Waals surface area contributed by atoms with E-state index < -0.39 is 11.8 Å². The minimum atomic E-state index is -1.12. The standard InChI is InChI=1S/C13H8ClFO3/c14-11-4-1-7(13(17)18)5-10(11)9-3-2-8(16)6-12(9)15/h1-6,16H,(H,17,18). The Morgan fingerprint density at radius 2 is 1.83 bits per heavy atom.